The van der Waals surface area contributed by atoms with Crippen molar-refractivity contribution in [3.8, 4) is 0 Å². The summed E-state index contributed by atoms with van der Waals surface area (Å²) in [6, 6.07) is 16.2. The second-order valence-corrected chi connectivity index (χ2v) is 6.94. The number of para-hydroxylation sites is 1. The van der Waals surface area contributed by atoms with Crippen LogP contribution in [0, 0.1) is 5.82 Å². The Morgan fingerprint density at radius 3 is 2.85 bits per heavy atom. The van der Waals surface area contributed by atoms with Gasteiger partial charge in [0.25, 0.3) is 5.91 Å². The van der Waals surface area contributed by atoms with Crippen LogP contribution in [0.3, 0.4) is 0 Å². The molecule has 0 bridgehead atoms. The van der Waals surface area contributed by atoms with Crippen LogP contribution in [0.2, 0.25) is 5.02 Å². The molecule has 1 unspecified atom stereocenters. The smallest absolute Gasteiger partial charge is 0.274 e. The molecule has 1 aliphatic heterocycles. The number of pyridine rings is 1. The van der Waals surface area contributed by atoms with E-state index in [9.17, 15) is 9.18 Å². The Balaban J connectivity index is 1.61. The van der Waals surface area contributed by atoms with Crippen molar-refractivity contribution in [2.75, 3.05) is 10.2 Å². The van der Waals surface area contributed by atoms with E-state index in [4.69, 9.17) is 11.6 Å². The van der Waals surface area contributed by atoms with Gasteiger partial charge in [0, 0.05) is 29.3 Å². The fraction of sp³-hybridized carbons (Fsp3) is 0.143. The molecule has 6 heteroatoms. The molecule has 0 fully saturated rings. The largest absolute Gasteiger partial charge is 0.338 e. The van der Waals surface area contributed by atoms with E-state index in [1.807, 2.05) is 18.2 Å². The zero-order valence-corrected chi connectivity index (χ0v) is 15.4. The summed E-state index contributed by atoms with van der Waals surface area (Å²) in [5.41, 5.74) is 4.04. The standard InChI is InChI=1S/C21H17ClFN3O/c1-13-10-14-4-2-3-5-20(14)26(13)16-8-9-24-19(12-16)21(27)25-15-6-7-18(23)17(22)11-15/h2-9,11-13H,10H2,1H3,(H,25,27). The van der Waals surface area contributed by atoms with Gasteiger partial charge in [0.15, 0.2) is 0 Å². The minimum atomic E-state index is -0.531. The molecule has 1 aliphatic rings. The summed E-state index contributed by atoms with van der Waals surface area (Å²) in [6.07, 6.45) is 2.57. The lowest BCUT2D eigenvalue weighted by molar-refractivity contribution is 0.102. The minimum absolute atomic E-state index is 0.0444. The van der Waals surface area contributed by atoms with Gasteiger partial charge in [-0.1, -0.05) is 29.8 Å². The number of hydrogen-bond donors (Lipinski definition) is 1. The Morgan fingerprint density at radius 2 is 2.04 bits per heavy atom. The molecule has 0 aliphatic carbocycles. The van der Waals surface area contributed by atoms with Crippen LogP contribution in [0.25, 0.3) is 0 Å². The number of nitrogens with one attached hydrogen (secondary N) is 1. The lowest BCUT2D eigenvalue weighted by atomic mass is 10.1. The predicted molar refractivity (Wildman–Crippen MR) is 105 cm³/mol. The maximum atomic E-state index is 13.3. The number of carbonyl (C=O) groups is 1. The van der Waals surface area contributed by atoms with Gasteiger partial charge in [0.05, 0.1) is 5.02 Å². The summed E-state index contributed by atoms with van der Waals surface area (Å²) in [6.45, 7) is 2.15. The molecule has 0 saturated heterocycles. The Kier molecular flexibility index (Phi) is 4.54. The van der Waals surface area contributed by atoms with E-state index in [2.05, 4.69) is 34.3 Å². The van der Waals surface area contributed by atoms with Gasteiger partial charge in [0.2, 0.25) is 0 Å². The number of fused-ring (bicyclic) bond motifs is 1. The van der Waals surface area contributed by atoms with Gasteiger partial charge in [0.1, 0.15) is 11.5 Å². The van der Waals surface area contributed by atoms with Crippen LogP contribution in [0.4, 0.5) is 21.5 Å². The molecule has 4 rings (SSSR count). The number of benzene rings is 2. The average molecular weight is 382 g/mol. The summed E-state index contributed by atoms with van der Waals surface area (Å²) in [5, 5.41) is 2.66. The van der Waals surface area contributed by atoms with E-state index in [0.29, 0.717) is 5.69 Å². The summed E-state index contributed by atoms with van der Waals surface area (Å²) in [5.74, 6) is -0.906. The molecular weight excluding hydrogens is 365 g/mol. The highest BCUT2D eigenvalue weighted by atomic mass is 35.5. The van der Waals surface area contributed by atoms with Crippen LogP contribution in [0.15, 0.2) is 60.8 Å². The van der Waals surface area contributed by atoms with Gasteiger partial charge >= 0.3 is 0 Å². The highest BCUT2D eigenvalue weighted by Crippen LogP contribution is 2.38. The van der Waals surface area contributed by atoms with Crippen LogP contribution >= 0.6 is 11.6 Å². The molecule has 3 aromatic rings. The van der Waals surface area contributed by atoms with Gasteiger partial charge in [-0.25, -0.2) is 4.39 Å². The molecule has 2 heterocycles. The normalized spacial score (nSPS) is 15.5. The molecule has 136 valence electrons. The van der Waals surface area contributed by atoms with Gasteiger partial charge in [-0.2, -0.15) is 0 Å². The van der Waals surface area contributed by atoms with E-state index in [1.165, 1.54) is 23.8 Å². The Bertz CT molecular complexity index is 1020. The van der Waals surface area contributed by atoms with Crippen molar-refractivity contribution in [2.24, 2.45) is 0 Å². The first-order valence-corrected chi connectivity index (χ1v) is 9.00. The predicted octanol–water partition coefficient (Wildman–Crippen LogP) is 5.21. The summed E-state index contributed by atoms with van der Waals surface area (Å²) in [7, 11) is 0. The molecule has 0 saturated carbocycles. The van der Waals surface area contributed by atoms with Gasteiger partial charge in [-0.05, 0) is 55.3 Å². The SMILES string of the molecule is CC1Cc2ccccc2N1c1ccnc(C(=O)Nc2ccc(F)c(Cl)c2)c1. The number of nitrogens with zero attached hydrogens (tertiary/aromatic N) is 2. The van der Waals surface area contributed by atoms with Crippen molar-refractivity contribution in [2.45, 2.75) is 19.4 Å². The summed E-state index contributed by atoms with van der Waals surface area (Å²) >= 11 is 5.77. The highest BCUT2D eigenvalue weighted by Gasteiger charge is 2.27. The van der Waals surface area contributed by atoms with Crippen molar-refractivity contribution in [1.82, 2.24) is 4.98 Å². The molecule has 27 heavy (non-hydrogen) atoms. The fourth-order valence-electron chi connectivity index (χ4n) is 3.42. The second-order valence-electron chi connectivity index (χ2n) is 6.53. The topological polar surface area (TPSA) is 45.2 Å². The highest BCUT2D eigenvalue weighted by molar-refractivity contribution is 6.31. The molecule has 1 amide bonds. The molecular formula is C21H17ClFN3O. The molecule has 1 aromatic heterocycles. The summed E-state index contributed by atoms with van der Waals surface area (Å²) < 4.78 is 13.3. The number of aromatic nitrogens is 1. The minimum Gasteiger partial charge on any atom is -0.338 e. The summed E-state index contributed by atoms with van der Waals surface area (Å²) in [4.78, 5) is 19.0. The van der Waals surface area contributed by atoms with Crippen molar-refractivity contribution in [3.05, 3.63) is 82.9 Å². The van der Waals surface area contributed by atoms with Crippen LogP contribution in [0.1, 0.15) is 23.0 Å². The van der Waals surface area contributed by atoms with Crippen molar-refractivity contribution >= 4 is 34.6 Å². The van der Waals surface area contributed by atoms with Gasteiger partial charge < -0.3 is 10.2 Å². The first-order chi connectivity index (χ1) is 13.0. The fourth-order valence-corrected chi connectivity index (χ4v) is 3.60. The van der Waals surface area contributed by atoms with E-state index in [1.54, 1.807) is 12.3 Å². The number of halogens is 2. The lowest BCUT2D eigenvalue weighted by Crippen LogP contribution is -2.24. The Labute approximate surface area is 161 Å². The van der Waals surface area contributed by atoms with Crippen molar-refractivity contribution in [3.63, 3.8) is 0 Å². The van der Waals surface area contributed by atoms with E-state index in [0.717, 1.165) is 17.8 Å². The molecule has 2 aromatic carbocycles. The second kappa shape index (κ2) is 7.00. The number of amides is 1. The quantitative estimate of drug-likeness (QED) is 0.677. The lowest BCUT2D eigenvalue weighted by Gasteiger charge is -2.25. The Morgan fingerprint density at radius 1 is 1.22 bits per heavy atom. The van der Waals surface area contributed by atoms with Gasteiger partial charge in [-0.15, -0.1) is 0 Å². The zero-order valence-electron chi connectivity index (χ0n) is 14.6. The molecule has 0 radical (unpaired) electrons. The van der Waals surface area contributed by atoms with E-state index < -0.39 is 5.82 Å². The number of hydrogen-bond acceptors (Lipinski definition) is 3. The van der Waals surface area contributed by atoms with E-state index in [-0.39, 0.29) is 22.7 Å². The third-order valence-electron chi connectivity index (χ3n) is 4.64. The molecule has 4 nitrogen and oxygen atoms in total. The third-order valence-corrected chi connectivity index (χ3v) is 4.93. The maximum Gasteiger partial charge on any atom is 0.274 e. The number of carbonyl (C=O) groups excluding carboxylic acids is 1. The number of rotatable bonds is 3. The first-order valence-electron chi connectivity index (χ1n) is 8.62. The zero-order chi connectivity index (χ0) is 19.0. The van der Waals surface area contributed by atoms with Gasteiger partial charge in [-0.3, -0.25) is 9.78 Å². The van der Waals surface area contributed by atoms with Crippen LogP contribution in [-0.2, 0) is 6.42 Å². The molecule has 1 N–H and O–H groups in total. The van der Waals surface area contributed by atoms with Crippen LogP contribution in [-0.4, -0.2) is 16.9 Å². The third kappa shape index (κ3) is 3.38. The Hall–Kier alpha value is -2.92. The van der Waals surface area contributed by atoms with Crippen molar-refractivity contribution < 1.29 is 9.18 Å². The monoisotopic (exact) mass is 381 g/mol. The van der Waals surface area contributed by atoms with Crippen molar-refractivity contribution in [1.29, 1.82) is 0 Å². The average Bonchev–Trinajstić information content (AvgIpc) is 3.00. The molecule has 0 spiro atoms. The molecule has 1 atom stereocenters. The maximum absolute atomic E-state index is 13.3. The van der Waals surface area contributed by atoms with E-state index >= 15 is 0 Å². The number of anilines is 3. The van der Waals surface area contributed by atoms with Crippen LogP contribution < -0.4 is 10.2 Å². The first kappa shape index (κ1) is 17.5. The van der Waals surface area contributed by atoms with Crippen LogP contribution in [0.5, 0.6) is 0 Å².